The van der Waals surface area contributed by atoms with Crippen molar-refractivity contribution < 1.29 is 18.6 Å². The molecule has 0 spiro atoms. The third-order valence-corrected chi connectivity index (χ3v) is 3.29. The molecule has 1 N–H and O–H groups in total. The van der Waals surface area contributed by atoms with Crippen LogP contribution < -0.4 is 4.74 Å². The van der Waals surface area contributed by atoms with Crippen molar-refractivity contribution in [2.24, 2.45) is 0 Å². The molecule has 0 aliphatic rings. The van der Waals surface area contributed by atoms with E-state index in [1.165, 1.54) is 0 Å². The summed E-state index contributed by atoms with van der Waals surface area (Å²) >= 11 is 3.01. The zero-order valence-electron chi connectivity index (χ0n) is 10.7. The van der Waals surface area contributed by atoms with E-state index in [0.29, 0.717) is 17.9 Å². The van der Waals surface area contributed by atoms with Gasteiger partial charge in [-0.05, 0) is 25.1 Å². The summed E-state index contributed by atoms with van der Waals surface area (Å²) in [6.07, 6.45) is -1.43. The van der Waals surface area contributed by atoms with E-state index in [1.54, 1.807) is 31.2 Å². The van der Waals surface area contributed by atoms with Crippen molar-refractivity contribution in [3.05, 3.63) is 63.6 Å². The van der Waals surface area contributed by atoms with Gasteiger partial charge in [-0.2, -0.15) is 0 Å². The molecular weight excluding hydrogens is 330 g/mol. The Morgan fingerprint density at radius 1 is 1.20 bits per heavy atom. The molecule has 1 atom stereocenters. The summed E-state index contributed by atoms with van der Waals surface area (Å²) < 4.78 is 33.4. The van der Waals surface area contributed by atoms with E-state index in [2.05, 4.69) is 15.9 Å². The second-order valence-corrected chi connectivity index (χ2v) is 5.07. The smallest absolute Gasteiger partial charge is 0.133 e. The topological polar surface area (TPSA) is 29.5 Å². The maximum atomic E-state index is 13.9. The number of para-hydroxylation sites is 1. The molecule has 0 bridgehead atoms. The Bertz CT molecular complexity index is 594. The summed E-state index contributed by atoms with van der Waals surface area (Å²) in [7, 11) is 0. The van der Waals surface area contributed by atoms with Crippen LogP contribution in [0.25, 0.3) is 0 Å². The van der Waals surface area contributed by atoms with E-state index < -0.39 is 17.7 Å². The SMILES string of the molecule is CCOc1ccccc1C(O)c1c(F)cc(Br)cc1F. The molecule has 0 aromatic heterocycles. The summed E-state index contributed by atoms with van der Waals surface area (Å²) in [6, 6.07) is 8.87. The lowest BCUT2D eigenvalue weighted by molar-refractivity contribution is 0.201. The van der Waals surface area contributed by atoms with Crippen molar-refractivity contribution in [1.82, 2.24) is 0 Å². The predicted molar refractivity (Wildman–Crippen MR) is 75.7 cm³/mol. The number of benzene rings is 2. The van der Waals surface area contributed by atoms with Gasteiger partial charge in [0.05, 0.1) is 12.2 Å². The summed E-state index contributed by atoms with van der Waals surface area (Å²) in [5, 5.41) is 10.3. The van der Waals surface area contributed by atoms with Gasteiger partial charge in [0.25, 0.3) is 0 Å². The van der Waals surface area contributed by atoms with Crippen LogP contribution >= 0.6 is 15.9 Å². The van der Waals surface area contributed by atoms with Crippen molar-refractivity contribution in [1.29, 1.82) is 0 Å². The Hall–Kier alpha value is -1.46. The summed E-state index contributed by atoms with van der Waals surface area (Å²) in [5.41, 5.74) is -0.0603. The van der Waals surface area contributed by atoms with Crippen molar-refractivity contribution in [3.63, 3.8) is 0 Å². The molecule has 2 aromatic rings. The van der Waals surface area contributed by atoms with Crippen molar-refractivity contribution in [2.75, 3.05) is 6.61 Å². The second-order valence-electron chi connectivity index (χ2n) is 4.16. The quantitative estimate of drug-likeness (QED) is 0.901. The van der Waals surface area contributed by atoms with Crippen LogP contribution in [0.5, 0.6) is 5.75 Å². The minimum atomic E-state index is -1.43. The highest BCUT2D eigenvalue weighted by atomic mass is 79.9. The first-order valence-electron chi connectivity index (χ1n) is 6.08. The molecule has 2 rings (SSSR count). The molecule has 0 amide bonds. The van der Waals surface area contributed by atoms with Crippen LogP contribution in [0.4, 0.5) is 8.78 Å². The molecule has 0 aliphatic carbocycles. The summed E-state index contributed by atoms with van der Waals surface area (Å²) in [5.74, 6) is -1.21. The third-order valence-electron chi connectivity index (χ3n) is 2.83. The molecule has 0 aliphatic heterocycles. The van der Waals surface area contributed by atoms with E-state index in [0.717, 1.165) is 12.1 Å². The lowest BCUT2D eigenvalue weighted by Crippen LogP contribution is -2.08. The molecule has 5 heteroatoms. The van der Waals surface area contributed by atoms with Crippen LogP contribution in [0.2, 0.25) is 0 Å². The number of rotatable bonds is 4. The van der Waals surface area contributed by atoms with E-state index in [9.17, 15) is 13.9 Å². The molecule has 2 aromatic carbocycles. The largest absolute Gasteiger partial charge is 0.493 e. The van der Waals surface area contributed by atoms with Gasteiger partial charge in [-0.1, -0.05) is 34.1 Å². The van der Waals surface area contributed by atoms with Crippen LogP contribution in [0.3, 0.4) is 0 Å². The molecule has 106 valence electrons. The normalized spacial score (nSPS) is 12.2. The van der Waals surface area contributed by atoms with Crippen LogP contribution in [0.1, 0.15) is 24.2 Å². The van der Waals surface area contributed by atoms with Crippen LogP contribution in [-0.2, 0) is 0 Å². The number of hydrogen-bond donors (Lipinski definition) is 1. The highest BCUT2D eigenvalue weighted by Crippen LogP contribution is 2.33. The maximum Gasteiger partial charge on any atom is 0.133 e. The zero-order valence-corrected chi connectivity index (χ0v) is 12.3. The molecule has 20 heavy (non-hydrogen) atoms. The second kappa shape index (κ2) is 6.33. The molecule has 0 saturated carbocycles. The van der Waals surface area contributed by atoms with E-state index >= 15 is 0 Å². The predicted octanol–water partition coefficient (Wildman–Crippen LogP) is 4.21. The van der Waals surface area contributed by atoms with Gasteiger partial charge in [0.1, 0.15) is 23.5 Å². The summed E-state index contributed by atoms with van der Waals surface area (Å²) in [4.78, 5) is 0. The van der Waals surface area contributed by atoms with Gasteiger partial charge in [0.2, 0.25) is 0 Å². The zero-order chi connectivity index (χ0) is 14.7. The van der Waals surface area contributed by atoms with Gasteiger partial charge in [0, 0.05) is 10.0 Å². The van der Waals surface area contributed by atoms with Gasteiger partial charge < -0.3 is 9.84 Å². The fourth-order valence-electron chi connectivity index (χ4n) is 1.96. The minimum Gasteiger partial charge on any atom is -0.493 e. The third kappa shape index (κ3) is 2.99. The monoisotopic (exact) mass is 342 g/mol. The standard InChI is InChI=1S/C15H13BrF2O2/c1-2-20-13-6-4-3-5-10(13)15(19)14-11(17)7-9(16)8-12(14)18/h3-8,15,19H,2H2,1H3. The fourth-order valence-corrected chi connectivity index (χ4v) is 2.37. The van der Waals surface area contributed by atoms with Crippen LogP contribution in [0, 0.1) is 11.6 Å². The molecule has 2 nitrogen and oxygen atoms in total. The minimum absolute atomic E-state index is 0.279. The first-order valence-corrected chi connectivity index (χ1v) is 6.88. The number of halogens is 3. The average Bonchev–Trinajstić information content (AvgIpc) is 2.38. The van der Waals surface area contributed by atoms with Gasteiger partial charge in [-0.15, -0.1) is 0 Å². The van der Waals surface area contributed by atoms with Crippen molar-refractivity contribution in [2.45, 2.75) is 13.0 Å². The molecule has 0 heterocycles. The number of aliphatic hydroxyl groups is 1. The van der Waals surface area contributed by atoms with E-state index in [4.69, 9.17) is 4.74 Å². The molecular formula is C15H13BrF2O2. The van der Waals surface area contributed by atoms with E-state index in [-0.39, 0.29) is 10.0 Å². The van der Waals surface area contributed by atoms with Crippen LogP contribution in [0.15, 0.2) is 40.9 Å². The number of ether oxygens (including phenoxy) is 1. The van der Waals surface area contributed by atoms with Gasteiger partial charge in [-0.3, -0.25) is 0 Å². The number of hydrogen-bond acceptors (Lipinski definition) is 2. The first kappa shape index (κ1) is 14.9. The number of aliphatic hydroxyl groups excluding tert-OH is 1. The highest BCUT2D eigenvalue weighted by molar-refractivity contribution is 9.10. The van der Waals surface area contributed by atoms with E-state index in [1.807, 2.05) is 0 Å². The molecule has 0 saturated heterocycles. The lowest BCUT2D eigenvalue weighted by Gasteiger charge is -2.17. The Kier molecular flexibility index (Phi) is 4.73. The summed E-state index contributed by atoms with van der Waals surface area (Å²) in [6.45, 7) is 2.19. The van der Waals surface area contributed by atoms with Gasteiger partial charge in [0.15, 0.2) is 0 Å². The maximum absolute atomic E-state index is 13.9. The molecule has 1 unspecified atom stereocenters. The Balaban J connectivity index is 2.49. The molecule has 0 fully saturated rings. The average molecular weight is 343 g/mol. The lowest BCUT2D eigenvalue weighted by atomic mass is 9.99. The highest BCUT2D eigenvalue weighted by Gasteiger charge is 2.23. The van der Waals surface area contributed by atoms with Gasteiger partial charge >= 0.3 is 0 Å². The van der Waals surface area contributed by atoms with Crippen molar-refractivity contribution >= 4 is 15.9 Å². The first-order chi connectivity index (χ1) is 9.54. The Morgan fingerprint density at radius 2 is 1.80 bits per heavy atom. The Morgan fingerprint density at radius 3 is 2.40 bits per heavy atom. The van der Waals surface area contributed by atoms with Gasteiger partial charge in [-0.25, -0.2) is 8.78 Å². The fraction of sp³-hybridized carbons (Fsp3) is 0.200. The Labute approximate surface area is 124 Å². The van der Waals surface area contributed by atoms with Crippen molar-refractivity contribution in [3.8, 4) is 5.75 Å². The molecule has 0 radical (unpaired) electrons. The van der Waals surface area contributed by atoms with Crippen LogP contribution in [-0.4, -0.2) is 11.7 Å².